The Labute approximate surface area is 183 Å². The quantitative estimate of drug-likeness (QED) is 0.515. The number of rotatable bonds is 5. The van der Waals surface area contributed by atoms with Gasteiger partial charge in [0.25, 0.3) is 5.95 Å². The Morgan fingerprint density at radius 1 is 1.12 bits per heavy atom. The molecule has 7 nitrogen and oxygen atoms in total. The second-order valence-corrected chi connectivity index (χ2v) is 7.60. The lowest BCUT2D eigenvalue weighted by atomic mass is 9.86. The van der Waals surface area contributed by atoms with E-state index in [0.29, 0.717) is 23.9 Å². The first-order valence-electron chi connectivity index (χ1n) is 10.2. The van der Waals surface area contributed by atoms with Crippen molar-refractivity contribution in [3.8, 4) is 11.7 Å². The topological polar surface area (TPSA) is 81.9 Å². The van der Waals surface area contributed by atoms with Crippen LogP contribution in [-0.4, -0.2) is 25.7 Å². The highest BCUT2D eigenvalue weighted by Crippen LogP contribution is 2.40. The number of nitrogens with zero attached hydrogens (tertiary/aromatic N) is 4. The summed E-state index contributed by atoms with van der Waals surface area (Å²) in [5, 5.41) is 7.52. The summed E-state index contributed by atoms with van der Waals surface area (Å²) in [6.07, 6.45) is 3.56. The number of aromatic nitrogens is 4. The number of carbonyl (C=O) groups excluding carboxylic acids is 1. The fourth-order valence-corrected chi connectivity index (χ4v) is 3.99. The van der Waals surface area contributed by atoms with E-state index in [0.717, 1.165) is 22.4 Å². The van der Waals surface area contributed by atoms with Crippen molar-refractivity contribution in [1.29, 1.82) is 0 Å². The molecule has 1 atom stereocenters. The molecule has 0 saturated carbocycles. The van der Waals surface area contributed by atoms with E-state index >= 15 is 0 Å². The summed E-state index contributed by atoms with van der Waals surface area (Å²) in [6, 6.07) is 15.7. The minimum absolute atomic E-state index is 0.106. The van der Waals surface area contributed by atoms with Crippen molar-refractivity contribution in [2.75, 3.05) is 5.32 Å². The van der Waals surface area contributed by atoms with E-state index in [1.54, 1.807) is 29.2 Å². The van der Waals surface area contributed by atoms with Crippen LogP contribution in [0.25, 0.3) is 5.95 Å². The summed E-state index contributed by atoms with van der Waals surface area (Å²) in [4.78, 5) is 21.1. The first-order chi connectivity index (χ1) is 15.6. The van der Waals surface area contributed by atoms with E-state index in [4.69, 9.17) is 4.74 Å². The Balaban J connectivity index is 1.47. The SMILES string of the molecule is Cc1nn(-c2ncccn2)c2c1[C@@H](c1cccc(OCc3cccc(F)c3)c1)CC(=O)N2. The van der Waals surface area contributed by atoms with Crippen LogP contribution in [0.15, 0.2) is 67.0 Å². The minimum Gasteiger partial charge on any atom is -0.489 e. The van der Waals surface area contributed by atoms with Crippen molar-refractivity contribution in [2.45, 2.75) is 25.9 Å². The summed E-state index contributed by atoms with van der Waals surface area (Å²) in [7, 11) is 0. The second-order valence-electron chi connectivity index (χ2n) is 7.60. The number of fused-ring (bicyclic) bond motifs is 1. The fourth-order valence-electron chi connectivity index (χ4n) is 3.99. The first kappa shape index (κ1) is 19.9. The number of halogens is 1. The molecular weight excluding hydrogens is 409 g/mol. The van der Waals surface area contributed by atoms with Crippen LogP contribution in [0, 0.1) is 12.7 Å². The zero-order valence-electron chi connectivity index (χ0n) is 17.3. The standard InChI is InChI=1S/C24H20FN5O2/c1-15-22-20(13-21(31)28-23(22)30(29-15)24-26-9-4-10-27-24)17-6-3-8-19(12-17)32-14-16-5-2-7-18(25)11-16/h2-12,20H,13-14H2,1H3,(H,28,31)/t20-/m1/s1. The van der Waals surface area contributed by atoms with E-state index in [1.807, 2.05) is 37.3 Å². The minimum atomic E-state index is -0.296. The number of ether oxygens (including phenoxy) is 1. The van der Waals surface area contributed by atoms with Gasteiger partial charge in [0.1, 0.15) is 24.0 Å². The molecule has 0 fully saturated rings. The molecule has 160 valence electrons. The predicted molar refractivity (Wildman–Crippen MR) is 116 cm³/mol. The number of hydrogen-bond acceptors (Lipinski definition) is 5. The molecule has 3 heterocycles. The second kappa shape index (κ2) is 8.22. The molecule has 32 heavy (non-hydrogen) atoms. The van der Waals surface area contributed by atoms with Crippen molar-refractivity contribution in [1.82, 2.24) is 19.7 Å². The van der Waals surface area contributed by atoms with Crippen molar-refractivity contribution in [2.24, 2.45) is 0 Å². The van der Waals surface area contributed by atoms with Crippen LogP contribution in [0.1, 0.15) is 34.7 Å². The van der Waals surface area contributed by atoms with Crippen LogP contribution in [0.4, 0.5) is 10.2 Å². The summed E-state index contributed by atoms with van der Waals surface area (Å²) in [5.74, 6) is 1.04. The summed E-state index contributed by atoms with van der Waals surface area (Å²) in [5.41, 5.74) is 3.41. The molecule has 1 aliphatic heterocycles. The normalized spacial score (nSPS) is 15.2. The zero-order valence-corrected chi connectivity index (χ0v) is 17.3. The molecule has 0 bridgehead atoms. The van der Waals surface area contributed by atoms with Gasteiger partial charge in [-0.25, -0.2) is 14.4 Å². The lowest BCUT2D eigenvalue weighted by molar-refractivity contribution is -0.116. The Morgan fingerprint density at radius 2 is 1.94 bits per heavy atom. The van der Waals surface area contributed by atoms with Gasteiger partial charge in [-0.15, -0.1) is 0 Å². The molecule has 0 aliphatic carbocycles. The van der Waals surface area contributed by atoms with Gasteiger partial charge in [-0.3, -0.25) is 4.79 Å². The Kier molecular flexibility index (Phi) is 5.10. The van der Waals surface area contributed by atoms with E-state index in [1.165, 1.54) is 12.1 Å². The highest BCUT2D eigenvalue weighted by atomic mass is 19.1. The first-order valence-corrected chi connectivity index (χ1v) is 10.2. The number of hydrogen-bond donors (Lipinski definition) is 1. The van der Waals surface area contributed by atoms with Gasteiger partial charge in [-0.1, -0.05) is 24.3 Å². The molecule has 4 aromatic rings. The van der Waals surface area contributed by atoms with Gasteiger partial charge in [0.05, 0.1) is 5.69 Å². The molecule has 2 aromatic heterocycles. The Morgan fingerprint density at radius 3 is 2.75 bits per heavy atom. The lowest BCUT2D eigenvalue weighted by Crippen LogP contribution is -2.25. The van der Waals surface area contributed by atoms with Gasteiger partial charge in [-0.05, 0) is 48.4 Å². The van der Waals surface area contributed by atoms with Gasteiger partial charge in [0.15, 0.2) is 0 Å². The highest BCUT2D eigenvalue weighted by molar-refractivity contribution is 5.95. The molecule has 0 radical (unpaired) electrons. The molecule has 8 heteroatoms. The third-order valence-corrected chi connectivity index (χ3v) is 5.40. The molecule has 5 rings (SSSR count). The third-order valence-electron chi connectivity index (χ3n) is 5.40. The van der Waals surface area contributed by atoms with Crippen LogP contribution in [-0.2, 0) is 11.4 Å². The summed E-state index contributed by atoms with van der Waals surface area (Å²) in [6.45, 7) is 2.16. The lowest BCUT2D eigenvalue weighted by Gasteiger charge is -2.24. The molecule has 1 amide bonds. The van der Waals surface area contributed by atoms with E-state index in [2.05, 4.69) is 20.4 Å². The van der Waals surface area contributed by atoms with Gasteiger partial charge in [-0.2, -0.15) is 9.78 Å². The number of nitrogens with one attached hydrogen (secondary N) is 1. The largest absolute Gasteiger partial charge is 0.489 e. The number of carbonyl (C=O) groups is 1. The summed E-state index contributed by atoms with van der Waals surface area (Å²) < 4.78 is 20.9. The third kappa shape index (κ3) is 3.82. The van der Waals surface area contributed by atoms with Crippen molar-refractivity contribution in [3.05, 3.63) is 95.2 Å². The maximum absolute atomic E-state index is 13.4. The highest BCUT2D eigenvalue weighted by Gasteiger charge is 2.33. The number of benzene rings is 2. The van der Waals surface area contributed by atoms with Gasteiger partial charge < -0.3 is 10.1 Å². The van der Waals surface area contributed by atoms with Crippen molar-refractivity contribution < 1.29 is 13.9 Å². The van der Waals surface area contributed by atoms with Crippen molar-refractivity contribution in [3.63, 3.8) is 0 Å². The number of anilines is 1. The average Bonchev–Trinajstić information content (AvgIpc) is 3.14. The zero-order chi connectivity index (χ0) is 22.1. The number of aryl methyl sites for hydroxylation is 1. The Hall–Kier alpha value is -4.07. The molecule has 2 aromatic carbocycles. The summed E-state index contributed by atoms with van der Waals surface area (Å²) >= 11 is 0. The molecular formula is C24H20FN5O2. The average molecular weight is 429 g/mol. The molecule has 0 unspecified atom stereocenters. The van der Waals surface area contributed by atoms with Gasteiger partial charge in [0, 0.05) is 30.3 Å². The molecule has 0 saturated heterocycles. The van der Waals surface area contributed by atoms with Crippen molar-refractivity contribution >= 4 is 11.7 Å². The molecule has 0 spiro atoms. The molecule has 1 aliphatic rings. The van der Waals surface area contributed by atoms with Gasteiger partial charge >= 0.3 is 0 Å². The maximum atomic E-state index is 13.4. The maximum Gasteiger partial charge on any atom is 0.252 e. The monoisotopic (exact) mass is 429 g/mol. The van der Waals surface area contributed by atoms with E-state index < -0.39 is 0 Å². The number of amides is 1. The smallest absolute Gasteiger partial charge is 0.252 e. The van der Waals surface area contributed by atoms with Crippen LogP contribution in [0.3, 0.4) is 0 Å². The predicted octanol–water partition coefficient (Wildman–Crippen LogP) is 4.16. The van der Waals surface area contributed by atoms with E-state index in [9.17, 15) is 9.18 Å². The van der Waals surface area contributed by atoms with Gasteiger partial charge in [0.2, 0.25) is 5.91 Å². The van der Waals surface area contributed by atoms with E-state index in [-0.39, 0.29) is 24.2 Å². The Bertz CT molecular complexity index is 1290. The molecule has 1 N–H and O–H groups in total. The van der Waals surface area contributed by atoms with Crippen LogP contribution in [0.2, 0.25) is 0 Å². The van der Waals surface area contributed by atoms with Crippen LogP contribution < -0.4 is 10.1 Å². The fraction of sp³-hybridized carbons (Fsp3) is 0.167. The van der Waals surface area contributed by atoms with Crippen LogP contribution >= 0.6 is 0 Å². The van der Waals surface area contributed by atoms with Crippen LogP contribution in [0.5, 0.6) is 5.75 Å².